The van der Waals surface area contributed by atoms with E-state index in [0.717, 1.165) is 5.56 Å². The Hall–Kier alpha value is -2.01. The quantitative estimate of drug-likeness (QED) is 0.850. The average molecular weight is 322 g/mol. The molecule has 19 heavy (non-hydrogen) atoms. The van der Waals surface area contributed by atoms with E-state index in [9.17, 15) is 9.90 Å². The van der Waals surface area contributed by atoms with Gasteiger partial charge < -0.3 is 15.6 Å². The highest BCUT2D eigenvalue weighted by atomic mass is 79.9. The SMILES string of the molecule is COc1cc(Br)c(-c2ccccc2)c(C(=O)O)c1N. The van der Waals surface area contributed by atoms with Crippen LogP contribution in [0.15, 0.2) is 40.9 Å². The smallest absolute Gasteiger partial charge is 0.338 e. The van der Waals surface area contributed by atoms with Crippen molar-refractivity contribution in [3.63, 3.8) is 0 Å². The summed E-state index contributed by atoms with van der Waals surface area (Å²) in [6.45, 7) is 0. The number of halogens is 1. The second-order valence-electron chi connectivity index (χ2n) is 3.90. The highest BCUT2D eigenvalue weighted by molar-refractivity contribution is 9.10. The van der Waals surface area contributed by atoms with Gasteiger partial charge in [0.2, 0.25) is 0 Å². The molecule has 0 radical (unpaired) electrons. The maximum atomic E-state index is 11.5. The molecule has 2 aromatic rings. The van der Waals surface area contributed by atoms with Gasteiger partial charge in [0.25, 0.3) is 0 Å². The lowest BCUT2D eigenvalue weighted by molar-refractivity contribution is 0.0698. The molecule has 0 fully saturated rings. The Kier molecular flexibility index (Phi) is 3.76. The van der Waals surface area contributed by atoms with E-state index in [1.807, 2.05) is 30.3 Å². The third-order valence-corrected chi connectivity index (χ3v) is 3.40. The fraction of sp³-hybridized carbons (Fsp3) is 0.0714. The Bertz CT molecular complexity index is 626. The van der Waals surface area contributed by atoms with Crippen LogP contribution in [0.4, 0.5) is 5.69 Å². The number of nitrogens with two attached hydrogens (primary N) is 1. The first kappa shape index (κ1) is 13.4. The standard InChI is InChI=1S/C14H12BrNO3/c1-19-10-7-9(15)11(8-5-3-2-4-6-8)12(13(10)16)14(17)18/h2-7H,16H2,1H3,(H,17,18). The van der Waals surface area contributed by atoms with Crippen molar-refractivity contribution in [1.82, 2.24) is 0 Å². The van der Waals surface area contributed by atoms with Crippen molar-refractivity contribution < 1.29 is 14.6 Å². The molecule has 0 saturated carbocycles. The van der Waals surface area contributed by atoms with Crippen LogP contribution in [0.5, 0.6) is 5.75 Å². The molecule has 0 amide bonds. The van der Waals surface area contributed by atoms with Crippen LogP contribution in [0.3, 0.4) is 0 Å². The van der Waals surface area contributed by atoms with Crippen molar-refractivity contribution >= 4 is 27.6 Å². The van der Waals surface area contributed by atoms with Crippen LogP contribution in [0.25, 0.3) is 11.1 Å². The van der Waals surface area contributed by atoms with Crippen molar-refractivity contribution in [3.8, 4) is 16.9 Å². The monoisotopic (exact) mass is 321 g/mol. The molecule has 0 aliphatic carbocycles. The summed E-state index contributed by atoms with van der Waals surface area (Å²) in [6, 6.07) is 10.9. The highest BCUT2D eigenvalue weighted by Gasteiger charge is 2.21. The van der Waals surface area contributed by atoms with Gasteiger partial charge in [-0.1, -0.05) is 30.3 Å². The van der Waals surface area contributed by atoms with Gasteiger partial charge in [-0.25, -0.2) is 4.79 Å². The van der Waals surface area contributed by atoms with Crippen molar-refractivity contribution in [2.45, 2.75) is 0 Å². The van der Waals surface area contributed by atoms with Crippen LogP contribution in [-0.4, -0.2) is 18.2 Å². The summed E-state index contributed by atoms with van der Waals surface area (Å²) in [7, 11) is 1.45. The molecule has 0 saturated heterocycles. The zero-order chi connectivity index (χ0) is 14.0. The van der Waals surface area contributed by atoms with E-state index >= 15 is 0 Å². The number of aromatic carboxylic acids is 1. The topological polar surface area (TPSA) is 72.5 Å². The number of ether oxygens (including phenoxy) is 1. The van der Waals surface area contributed by atoms with Gasteiger partial charge in [0.05, 0.1) is 18.4 Å². The molecule has 98 valence electrons. The van der Waals surface area contributed by atoms with Crippen molar-refractivity contribution in [1.29, 1.82) is 0 Å². The molecule has 4 nitrogen and oxygen atoms in total. The maximum absolute atomic E-state index is 11.5. The van der Waals surface area contributed by atoms with Crippen LogP contribution in [0.1, 0.15) is 10.4 Å². The first-order valence-corrected chi connectivity index (χ1v) is 6.30. The largest absolute Gasteiger partial charge is 0.495 e. The third kappa shape index (κ3) is 2.42. The Balaban J connectivity index is 2.80. The number of carboxylic acid groups (broad SMARTS) is 1. The fourth-order valence-corrected chi connectivity index (χ4v) is 2.56. The molecule has 2 aromatic carbocycles. The zero-order valence-corrected chi connectivity index (χ0v) is 11.8. The predicted molar refractivity (Wildman–Crippen MR) is 77.5 cm³/mol. The highest BCUT2D eigenvalue weighted by Crippen LogP contribution is 2.40. The molecule has 0 aromatic heterocycles. The summed E-state index contributed by atoms with van der Waals surface area (Å²) < 4.78 is 5.72. The van der Waals surface area contributed by atoms with E-state index in [2.05, 4.69) is 15.9 Å². The minimum Gasteiger partial charge on any atom is -0.495 e. The van der Waals surface area contributed by atoms with E-state index in [-0.39, 0.29) is 11.3 Å². The van der Waals surface area contributed by atoms with Crippen LogP contribution < -0.4 is 10.5 Å². The Labute approximate surface area is 118 Å². The van der Waals surface area contributed by atoms with Crippen molar-refractivity contribution in [2.75, 3.05) is 12.8 Å². The van der Waals surface area contributed by atoms with Crippen LogP contribution in [-0.2, 0) is 0 Å². The number of rotatable bonds is 3. The van der Waals surface area contributed by atoms with E-state index in [1.165, 1.54) is 7.11 Å². The molecule has 3 N–H and O–H groups in total. The first-order valence-electron chi connectivity index (χ1n) is 5.51. The van der Waals surface area contributed by atoms with Crippen LogP contribution >= 0.6 is 15.9 Å². The Morgan fingerprint density at radius 2 is 1.95 bits per heavy atom. The van der Waals surface area contributed by atoms with Crippen LogP contribution in [0.2, 0.25) is 0 Å². The Morgan fingerprint density at radius 3 is 2.47 bits per heavy atom. The average Bonchev–Trinajstić information content (AvgIpc) is 2.41. The number of hydrogen-bond donors (Lipinski definition) is 2. The minimum absolute atomic E-state index is 0.0393. The normalized spacial score (nSPS) is 10.2. The van der Waals surface area contributed by atoms with Gasteiger partial charge in [0.1, 0.15) is 5.75 Å². The molecule has 0 spiro atoms. The lowest BCUT2D eigenvalue weighted by Gasteiger charge is -2.14. The van der Waals surface area contributed by atoms with E-state index in [1.54, 1.807) is 6.07 Å². The molecule has 5 heteroatoms. The van der Waals surface area contributed by atoms with E-state index in [4.69, 9.17) is 10.5 Å². The molecule has 0 atom stereocenters. The van der Waals surface area contributed by atoms with Gasteiger partial charge in [-0.15, -0.1) is 0 Å². The number of hydrogen-bond acceptors (Lipinski definition) is 3. The second-order valence-corrected chi connectivity index (χ2v) is 4.75. The van der Waals surface area contributed by atoms with Crippen LogP contribution in [0, 0.1) is 0 Å². The number of nitrogen functional groups attached to an aromatic ring is 1. The molecular formula is C14H12BrNO3. The Morgan fingerprint density at radius 1 is 1.32 bits per heavy atom. The maximum Gasteiger partial charge on any atom is 0.338 e. The summed E-state index contributed by atoms with van der Waals surface area (Å²) in [5, 5.41) is 9.40. The zero-order valence-electron chi connectivity index (χ0n) is 10.2. The summed E-state index contributed by atoms with van der Waals surface area (Å²) >= 11 is 3.38. The number of carboxylic acids is 1. The molecule has 0 aliphatic heterocycles. The van der Waals surface area contributed by atoms with Gasteiger partial charge in [-0.3, -0.25) is 0 Å². The predicted octanol–water partition coefficient (Wildman–Crippen LogP) is 3.41. The minimum atomic E-state index is -1.09. The number of anilines is 1. The third-order valence-electron chi connectivity index (χ3n) is 2.78. The lowest BCUT2D eigenvalue weighted by Crippen LogP contribution is -2.07. The molecule has 0 aliphatic rings. The number of benzene rings is 2. The van der Waals surface area contributed by atoms with Gasteiger partial charge in [-0.05, 0) is 27.6 Å². The fourth-order valence-electron chi connectivity index (χ4n) is 1.92. The molecule has 0 unspecified atom stereocenters. The van der Waals surface area contributed by atoms with Gasteiger partial charge in [0.15, 0.2) is 0 Å². The molecular weight excluding hydrogens is 310 g/mol. The number of methoxy groups -OCH3 is 1. The molecule has 0 heterocycles. The lowest BCUT2D eigenvalue weighted by atomic mass is 9.98. The number of carbonyl (C=O) groups is 1. The summed E-state index contributed by atoms with van der Waals surface area (Å²) in [5.74, 6) is -0.750. The molecule has 2 rings (SSSR count). The van der Waals surface area contributed by atoms with E-state index in [0.29, 0.717) is 15.8 Å². The van der Waals surface area contributed by atoms with Gasteiger partial charge in [0, 0.05) is 10.0 Å². The van der Waals surface area contributed by atoms with Crippen molar-refractivity contribution in [3.05, 3.63) is 46.4 Å². The van der Waals surface area contributed by atoms with Crippen molar-refractivity contribution in [2.24, 2.45) is 0 Å². The summed E-state index contributed by atoms with van der Waals surface area (Å²) in [6.07, 6.45) is 0. The second kappa shape index (κ2) is 5.32. The van der Waals surface area contributed by atoms with Gasteiger partial charge >= 0.3 is 5.97 Å². The first-order chi connectivity index (χ1) is 9.06. The summed E-state index contributed by atoms with van der Waals surface area (Å²) in [5.41, 5.74) is 7.36. The van der Waals surface area contributed by atoms with Gasteiger partial charge in [-0.2, -0.15) is 0 Å². The summed E-state index contributed by atoms with van der Waals surface area (Å²) in [4.78, 5) is 11.5. The van der Waals surface area contributed by atoms with E-state index < -0.39 is 5.97 Å². The molecule has 0 bridgehead atoms.